The molecule has 1 aromatic carbocycles. The molecular weight excluding hydrogens is 268 g/mol. The van der Waals surface area contributed by atoms with Crippen molar-refractivity contribution in [1.82, 2.24) is 9.47 Å². The molecule has 2 heterocycles. The van der Waals surface area contributed by atoms with E-state index in [2.05, 4.69) is 0 Å². The third kappa shape index (κ3) is 2.28. The van der Waals surface area contributed by atoms with Crippen LogP contribution in [0.1, 0.15) is 36.2 Å². The largest absolute Gasteiger partial charge is 0.478 e. The fraction of sp³-hybridized carbons (Fsp3) is 0.375. The lowest BCUT2D eigenvalue weighted by Gasteiger charge is -2.22. The molecule has 1 atom stereocenters. The van der Waals surface area contributed by atoms with Gasteiger partial charge in [-0.05, 0) is 31.9 Å². The Labute approximate surface area is 122 Å². The third-order valence-corrected chi connectivity index (χ3v) is 4.16. The van der Waals surface area contributed by atoms with E-state index in [1.807, 2.05) is 24.0 Å². The van der Waals surface area contributed by atoms with Crippen LogP contribution in [0.3, 0.4) is 0 Å². The van der Waals surface area contributed by atoms with Gasteiger partial charge in [0.25, 0.3) is 0 Å². The van der Waals surface area contributed by atoms with E-state index in [9.17, 15) is 14.7 Å². The van der Waals surface area contributed by atoms with Crippen LogP contribution in [-0.4, -0.2) is 39.5 Å². The number of hydrogen-bond acceptors (Lipinski definition) is 2. The Hall–Kier alpha value is -2.30. The zero-order chi connectivity index (χ0) is 15.0. The molecule has 1 fully saturated rings. The predicted molar refractivity (Wildman–Crippen MR) is 79.4 cm³/mol. The summed E-state index contributed by atoms with van der Waals surface area (Å²) in [6, 6.07) is 6.64. The normalized spacial score (nSPS) is 16.3. The average Bonchev–Trinajstić information content (AvgIpc) is 3.14. The Morgan fingerprint density at radius 3 is 2.57 bits per heavy atom. The minimum atomic E-state index is -0.971. The van der Waals surface area contributed by atoms with E-state index in [0.29, 0.717) is 5.52 Å². The van der Waals surface area contributed by atoms with Crippen LogP contribution in [0.5, 0.6) is 0 Å². The van der Waals surface area contributed by atoms with Crippen LogP contribution in [0.15, 0.2) is 30.5 Å². The molecule has 5 nitrogen and oxygen atoms in total. The van der Waals surface area contributed by atoms with Crippen molar-refractivity contribution in [3.05, 3.63) is 36.0 Å². The van der Waals surface area contributed by atoms with Gasteiger partial charge in [0.1, 0.15) is 6.04 Å². The number of carbonyl (C=O) groups excluding carboxylic acids is 1. The van der Waals surface area contributed by atoms with Crippen LogP contribution in [0.2, 0.25) is 0 Å². The van der Waals surface area contributed by atoms with Gasteiger partial charge in [-0.15, -0.1) is 0 Å². The second kappa shape index (κ2) is 5.24. The van der Waals surface area contributed by atoms with Gasteiger partial charge in [0.2, 0.25) is 5.91 Å². The van der Waals surface area contributed by atoms with Crippen molar-refractivity contribution in [2.45, 2.75) is 25.8 Å². The van der Waals surface area contributed by atoms with E-state index in [1.54, 1.807) is 22.9 Å². The summed E-state index contributed by atoms with van der Waals surface area (Å²) in [5, 5.41) is 10.2. The molecule has 1 N–H and O–H groups in total. The van der Waals surface area contributed by atoms with Crippen LogP contribution in [0.25, 0.3) is 10.9 Å². The van der Waals surface area contributed by atoms with E-state index in [4.69, 9.17) is 0 Å². The van der Waals surface area contributed by atoms with Crippen molar-refractivity contribution in [2.75, 3.05) is 13.1 Å². The van der Waals surface area contributed by atoms with Crippen molar-refractivity contribution in [3.63, 3.8) is 0 Å². The molecule has 0 aliphatic carbocycles. The molecule has 1 aliphatic rings. The molecule has 1 aromatic heterocycles. The summed E-state index contributed by atoms with van der Waals surface area (Å²) in [6.45, 7) is 3.43. The highest BCUT2D eigenvalue weighted by Crippen LogP contribution is 2.25. The maximum absolute atomic E-state index is 12.5. The quantitative estimate of drug-likeness (QED) is 0.943. The number of para-hydroxylation sites is 1. The van der Waals surface area contributed by atoms with Gasteiger partial charge < -0.3 is 14.6 Å². The Bertz CT molecular complexity index is 699. The highest BCUT2D eigenvalue weighted by Gasteiger charge is 2.26. The molecule has 1 saturated heterocycles. The van der Waals surface area contributed by atoms with E-state index in [1.165, 1.54) is 0 Å². The average molecular weight is 286 g/mol. The highest BCUT2D eigenvalue weighted by atomic mass is 16.4. The number of fused-ring (bicyclic) bond motifs is 1. The summed E-state index contributed by atoms with van der Waals surface area (Å²) in [5.74, 6) is -0.911. The van der Waals surface area contributed by atoms with E-state index < -0.39 is 5.97 Å². The Balaban J connectivity index is 2.03. The summed E-state index contributed by atoms with van der Waals surface area (Å²) < 4.78 is 1.78. The van der Waals surface area contributed by atoms with Gasteiger partial charge in [0.05, 0.1) is 11.1 Å². The zero-order valence-corrected chi connectivity index (χ0v) is 12.0. The van der Waals surface area contributed by atoms with Crippen LogP contribution in [0.4, 0.5) is 0 Å². The molecule has 3 rings (SSSR count). The lowest BCUT2D eigenvalue weighted by molar-refractivity contribution is -0.133. The van der Waals surface area contributed by atoms with Crippen LogP contribution in [-0.2, 0) is 4.79 Å². The molecule has 0 bridgehead atoms. The molecule has 0 radical (unpaired) electrons. The number of amides is 1. The van der Waals surface area contributed by atoms with Crippen molar-refractivity contribution in [2.24, 2.45) is 0 Å². The van der Waals surface area contributed by atoms with E-state index in [0.717, 1.165) is 31.3 Å². The number of carbonyl (C=O) groups is 2. The minimum Gasteiger partial charge on any atom is -0.478 e. The highest BCUT2D eigenvalue weighted by molar-refractivity contribution is 6.03. The van der Waals surface area contributed by atoms with E-state index >= 15 is 0 Å². The van der Waals surface area contributed by atoms with Gasteiger partial charge in [0.15, 0.2) is 0 Å². The summed E-state index contributed by atoms with van der Waals surface area (Å²) in [4.78, 5) is 25.8. The van der Waals surface area contributed by atoms with Gasteiger partial charge in [-0.1, -0.05) is 12.1 Å². The number of rotatable bonds is 3. The zero-order valence-electron chi connectivity index (χ0n) is 12.0. The standard InChI is InChI=1S/C16H18N2O3/c1-11(15(19)17-8-2-3-9-17)18-10-7-12-5-4-6-13(14(12)18)16(20)21/h4-7,10-11H,2-3,8-9H2,1H3,(H,20,21). The number of carboxylic acids is 1. The number of likely N-dealkylation sites (tertiary alicyclic amines) is 1. The van der Waals surface area contributed by atoms with Crippen molar-refractivity contribution >= 4 is 22.8 Å². The molecule has 21 heavy (non-hydrogen) atoms. The predicted octanol–water partition coefficient (Wildman–Crippen LogP) is 2.52. The molecule has 5 heteroatoms. The first kappa shape index (κ1) is 13.7. The van der Waals surface area contributed by atoms with Crippen molar-refractivity contribution < 1.29 is 14.7 Å². The molecular formula is C16H18N2O3. The van der Waals surface area contributed by atoms with Gasteiger partial charge in [-0.2, -0.15) is 0 Å². The molecule has 110 valence electrons. The van der Waals surface area contributed by atoms with Crippen molar-refractivity contribution in [3.8, 4) is 0 Å². The second-order valence-electron chi connectivity index (χ2n) is 5.48. The molecule has 0 spiro atoms. The lowest BCUT2D eigenvalue weighted by Crippen LogP contribution is -2.33. The first-order chi connectivity index (χ1) is 10.1. The lowest BCUT2D eigenvalue weighted by atomic mass is 10.1. The van der Waals surface area contributed by atoms with Gasteiger partial charge in [0, 0.05) is 24.7 Å². The number of hydrogen-bond donors (Lipinski definition) is 1. The van der Waals surface area contributed by atoms with Crippen LogP contribution >= 0.6 is 0 Å². The Kier molecular flexibility index (Phi) is 3.41. The van der Waals surface area contributed by atoms with Gasteiger partial charge >= 0.3 is 5.97 Å². The number of aromatic carboxylic acids is 1. The van der Waals surface area contributed by atoms with Crippen LogP contribution in [0, 0.1) is 0 Å². The number of benzene rings is 1. The minimum absolute atomic E-state index is 0.0604. The summed E-state index contributed by atoms with van der Waals surface area (Å²) in [6.07, 6.45) is 3.90. The molecule has 1 aliphatic heterocycles. The first-order valence-corrected chi connectivity index (χ1v) is 7.21. The van der Waals surface area contributed by atoms with Gasteiger partial charge in [-0.3, -0.25) is 4.79 Å². The summed E-state index contributed by atoms with van der Waals surface area (Å²) in [7, 11) is 0. The Morgan fingerprint density at radius 2 is 1.90 bits per heavy atom. The maximum atomic E-state index is 12.5. The fourth-order valence-electron chi connectivity index (χ4n) is 3.04. The number of nitrogens with zero attached hydrogens (tertiary/aromatic N) is 2. The van der Waals surface area contributed by atoms with E-state index in [-0.39, 0.29) is 17.5 Å². The monoisotopic (exact) mass is 286 g/mol. The third-order valence-electron chi connectivity index (χ3n) is 4.16. The summed E-state index contributed by atoms with van der Waals surface area (Å²) >= 11 is 0. The fourth-order valence-corrected chi connectivity index (χ4v) is 3.04. The summed E-state index contributed by atoms with van der Waals surface area (Å²) in [5.41, 5.74) is 0.851. The molecule has 0 saturated carbocycles. The van der Waals surface area contributed by atoms with Gasteiger partial charge in [-0.25, -0.2) is 4.79 Å². The molecule has 2 aromatic rings. The number of carboxylic acid groups (broad SMARTS) is 1. The molecule has 1 amide bonds. The SMILES string of the molecule is CC(C(=O)N1CCCC1)n1ccc2cccc(C(=O)O)c21. The number of aromatic nitrogens is 1. The smallest absolute Gasteiger partial charge is 0.337 e. The maximum Gasteiger partial charge on any atom is 0.337 e. The van der Waals surface area contributed by atoms with Crippen molar-refractivity contribution in [1.29, 1.82) is 0 Å². The van der Waals surface area contributed by atoms with Crippen LogP contribution < -0.4 is 0 Å². The topological polar surface area (TPSA) is 62.5 Å². The first-order valence-electron chi connectivity index (χ1n) is 7.21. The molecule has 1 unspecified atom stereocenters. The Morgan fingerprint density at radius 1 is 1.19 bits per heavy atom. The second-order valence-corrected chi connectivity index (χ2v) is 5.48.